The number of aryl methyl sites for hydroxylation is 1. The van der Waals surface area contributed by atoms with Gasteiger partial charge in [-0.2, -0.15) is 0 Å². The molecule has 61 heavy (non-hydrogen) atoms. The van der Waals surface area contributed by atoms with E-state index in [4.69, 9.17) is 4.98 Å². The van der Waals surface area contributed by atoms with Crippen molar-refractivity contribution in [3.05, 3.63) is 251 Å². The smallest absolute Gasteiger partial charge is 0.0715 e. The van der Waals surface area contributed by atoms with Gasteiger partial charge in [0, 0.05) is 22.5 Å². The van der Waals surface area contributed by atoms with Gasteiger partial charge >= 0.3 is 0 Å². The summed E-state index contributed by atoms with van der Waals surface area (Å²) in [5.74, 6) is 0.240. The fraction of sp³-hybridized carbons (Fsp3) is 0.117. The molecule has 8 aromatic rings. The van der Waals surface area contributed by atoms with Crippen LogP contribution in [0.5, 0.6) is 0 Å². The SMILES string of the molecule is CC1=C(c2ccccc2)C=C(c2ccc3c(c2)-c2cc(-c4cc(-c5ccccc5)nc(-c5ccccc5)c4)ccc2C(C)(c2ccccc2)CC3)C=C(c2ccccc2)C1C. The standard InChI is InChI=1S/C60H49N/c1-41-42(2)54(44-21-11-5-12-22-44)38-50(37-53(41)43-19-9-4-10-20-43)48-30-29-45-33-34-60(3,52-27-17-8-18-28-52)57-32-31-49(36-56(57)55(45)35-48)51-39-58(46-23-13-6-14-24-46)61-59(40-51)47-25-15-7-16-26-47/h4-32,35-41H,33-34H2,1-3H3. The summed E-state index contributed by atoms with van der Waals surface area (Å²) in [6.07, 6.45) is 6.89. The molecule has 10 rings (SSSR count). The average Bonchev–Trinajstić information content (AvgIpc) is 3.55. The minimum Gasteiger partial charge on any atom is -0.248 e. The lowest BCUT2D eigenvalue weighted by Gasteiger charge is -2.31. The van der Waals surface area contributed by atoms with E-state index >= 15 is 0 Å². The molecule has 0 aliphatic heterocycles. The summed E-state index contributed by atoms with van der Waals surface area (Å²) >= 11 is 0. The van der Waals surface area contributed by atoms with E-state index in [1.807, 2.05) is 0 Å². The number of fused-ring (bicyclic) bond motifs is 3. The number of nitrogens with zero attached hydrogens (tertiary/aromatic N) is 1. The normalized spacial score (nSPS) is 17.3. The molecule has 2 aliphatic rings. The molecule has 1 aromatic heterocycles. The molecule has 2 atom stereocenters. The number of aromatic nitrogens is 1. The van der Waals surface area contributed by atoms with Gasteiger partial charge in [-0.3, -0.25) is 0 Å². The van der Waals surface area contributed by atoms with E-state index in [1.54, 1.807) is 0 Å². The van der Waals surface area contributed by atoms with Gasteiger partial charge in [0.1, 0.15) is 0 Å². The summed E-state index contributed by atoms with van der Waals surface area (Å²) in [7, 11) is 0. The fourth-order valence-electron chi connectivity index (χ4n) is 9.62. The molecule has 0 bridgehead atoms. The Balaban J connectivity index is 1.19. The van der Waals surface area contributed by atoms with E-state index in [1.165, 1.54) is 72.4 Å². The third-order valence-corrected chi connectivity index (χ3v) is 13.3. The quantitative estimate of drug-likeness (QED) is 0.157. The van der Waals surface area contributed by atoms with Gasteiger partial charge < -0.3 is 0 Å². The fourth-order valence-corrected chi connectivity index (χ4v) is 9.62. The first-order valence-corrected chi connectivity index (χ1v) is 21.6. The molecule has 0 N–H and O–H groups in total. The van der Waals surface area contributed by atoms with Crippen LogP contribution in [-0.2, 0) is 11.8 Å². The molecule has 0 fully saturated rings. The zero-order valence-corrected chi connectivity index (χ0v) is 35.1. The number of pyridine rings is 1. The molecule has 0 spiro atoms. The lowest BCUT2D eigenvalue weighted by atomic mass is 9.72. The maximum Gasteiger partial charge on any atom is 0.0715 e. The summed E-state index contributed by atoms with van der Waals surface area (Å²) in [6.45, 7) is 7.12. The summed E-state index contributed by atoms with van der Waals surface area (Å²) in [5.41, 5.74) is 22.0. The number of hydrogen-bond donors (Lipinski definition) is 0. The third-order valence-electron chi connectivity index (χ3n) is 13.3. The Labute approximate surface area is 361 Å². The molecular weight excluding hydrogens is 735 g/mol. The van der Waals surface area contributed by atoms with Gasteiger partial charge in [-0.05, 0) is 129 Å². The van der Waals surface area contributed by atoms with Crippen molar-refractivity contribution in [2.75, 3.05) is 0 Å². The summed E-state index contributed by atoms with van der Waals surface area (Å²) < 4.78 is 0. The Kier molecular flexibility index (Phi) is 10.1. The molecule has 0 amide bonds. The second-order valence-electron chi connectivity index (χ2n) is 16.9. The maximum atomic E-state index is 5.22. The lowest BCUT2D eigenvalue weighted by Crippen LogP contribution is -2.24. The lowest BCUT2D eigenvalue weighted by molar-refractivity contribution is 0.526. The Bertz CT molecular complexity index is 2900. The Morgan fingerprint density at radius 2 is 1.00 bits per heavy atom. The van der Waals surface area contributed by atoms with Gasteiger partial charge in [-0.1, -0.05) is 195 Å². The molecule has 2 aliphatic carbocycles. The van der Waals surface area contributed by atoms with Crippen molar-refractivity contribution in [3.8, 4) is 44.8 Å². The molecule has 1 nitrogen and oxygen atoms in total. The van der Waals surface area contributed by atoms with Crippen LogP contribution in [0.15, 0.2) is 218 Å². The minimum absolute atomic E-state index is 0.186. The van der Waals surface area contributed by atoms with Gasteiger partial charge in [0.15, 0.2) is 0 Å². The first-order chi connectivity index (χ1) is 29.9. The summed E-state index contributed by atoms with van der Waals surface area (Å²) in [4.78, 5) is 5.22. The second kappa shape index (κ2) is 16.2. The number of benzene rings is 7. The van der Waals surface area contributed by atoms with Crippen LogP contribution in [0.1, 0.15) is 60.6 Å². The highest BCUT2D eigenvalue weighted by atomic mass is 14.7. The molecule has 0 saturated heterocycles. The maximum absolute atomic E-state index is 5.22. The Morgan fingerprint density at radius 3 is 1.61 bits per heavy atom. The predicted molar refractivity (Wildman–Crippen MR) is 258 cm³/mol. The Morgan fingerprint density at radius 1 is 0.475 bits per heavy atom. The third kappa shape index (κ3) is 7.32. The minimum atomic E-state index is -0.186. The Hall–Kier alpha value is -7.09. The van der Waals surface area contributed by atoms with Gasteiger partial charge in [-0.15, -0.1) is 0 Å². The number of rotatable bonds is 7. The van der Waals surface area contributed by atoms with E-state index in [-0.39, 0.29) is 11.3 Å². The molecule has 0 saturated carbocycles. The van der Waals surface area contributed by atoms with Crippen LogP contribution in [0.2, 0.25) is 0 Å². The summed E-state index contributed by atoms with van der Waals surface area (Å²) in [6, 6.07) is 73.1. The topological polar surface area (TPSA) is 12.9 Å². The van der Waals surface area contributed by atoms with Crippen molar-refractivity contribution in [2.24, 2.45) is 5.92 Å². The highest BCUT2D eigenvalue weighted by molar-refractivity contribution is 5.97. The largest absolute Gasteiger partial charge is 0.248 e. The first-order valence-electron chi connectivity index (χ1n) is 21.6. The second-order valence-corrected chi connectivity index (χ2v) is 16.9. The van der Waals surface area contributed by atoms with Gasteiger partial charge in [0.2, 0.25) is 0 Å². The van der Waals surface area contributed by atoms with E-state index in [9.17, 15) is 0 Å². The number of allylic oxidation sites excluding steroid dienone is 6. The van der Waals surface area contributed by atoms with E-state index in [0.717, 1.165) is 40.9 Å². The van der Waals surface area contributed by atoms with Crippen LogP contribution < -0.4 is 0 Å². The van der Waals surface area contributed by atoms with E-state index in [0.29, 0.717) is 0 Å². The van der Waals surface area contributed by atoms with Crippen LogP contribution in [-0.4, -0.2) is 4.98 Å². The van der Waals surface area contributed by atoms with E-state index < -0.39 is 0 Å². The van der Waals surface area contributed by atoms with Crippen LogP contribution in [0.3, 0.4) is 0 Å². The van der Waals surface area contributed by atoms with Gasteiger partial charge in [0.05, 0.1) is 11.4 Å². The zero-order chi connectivity index (χ0) is 41.3. The highest BCUT2D eigenvalue weighted by Crippen LogP contribution is 2.48. The van der Waals surface area contributed by atoms with Gasteiger partial charge in [-0.25, -0.2) is 4.98 Å². The van der Waals surface area contributed by atoms with Crippen molar-refractivity contribution < 1.29 is 0 Å². The molecule has 1 heterocycles. The molecule has 294 valence electrons. The first kappa shape index (κ1) is 38.1. The van der Waals surface area contributed by atoms with Crippen molar-refractivity contribution in [1.82, 2.24) is 4.98 Å². The van der Waals surface area contributed by atoms with Crippen LogP contribution in [0.4, 0.5) is 0 Å². The van der Waals surface area contributed by atoms with Crippen molar-refractivity contribution >= 4 is 16.7 Å². The van der Waals surface area contributed by atoms with Crippen molar-refractivity contribution in [3.63, 3.8) is 0 Å². The highest BCUT2D eigenvalue weighted by Gasteiger charge is 2.35. The average molecular weight is 784 g/mol. The van der Waals surface area contributed by atoms with Crippen molar-refractivity contribution in [2.45, 2.75) is 39.0 Å². The molecule has 1 heteroatoms. The van der Waals surface area contributed by atoms with Crippen molar-refractivity contribution in [1.29, 1.82) is 0 Å². The molecular formula is C60H49N. The summed E-state index contributed by atoms with van der Waals surface area (Å²) in [5, 5.41) is 0. The van der Waals surface area contributed by atoms with Crippen LogP contribution in [0.25, 0.3) is 61.5 Å². The van der Waals surface area contributed by atoms with Gasteiger partial charge in [0.25, 0.3) is 0 Å². The van der Waals surface area contributed by atoms with Crippen LogP contribution >= 0.6 is 0 Å². The van der Waals surface area contributed by atoms with E-state index in [2.05, 4.69) is 233 Å². The molecule has 2 unspecified atom stereocenters. The predicted octanol–water partition coefficient (Wildman–Crippen LogP) is 15.6. The molecule has 0 radical (unpaired) electrons. The zero-order valence-electron chi connectivity index (χ0n) is 35.1. The monoisotopic (exact) mass is 783 g/mol. The van der Waals surface area contributed by atoms with Crippen LogP contribution in [0, 0.1) is 5.92 Å². The molecule has 7 aromatic carbocycles. The number of hydrogen-bond acceptors (Lipinski definition) is 1.